The van der Waals surface area contributed by atoms with E-state index in [2.05, 4.69) is 83.3 Å². The van der Waals surface area contributed by atoms with Crippen LogP contribution in [0.1, 0.15) is 62.3 Å². The van der Waals surface area contributed by atoms with Crippen LogP contribution in [0.2, 0.25) is 0 Å². The second kappa shape index (κ2) is 8.06. The molecule has 0 spiro atoms. The summed E-state index contributed by atoms with van der Waals surface area (Å²) in [5, 5.41) is 3.76. The van der Waals surface area contributed by atoms with E-state index in [1.165, 1.54) is 47.9 Å². The zero-order valence-electron chi connectivity index (χ0n) is 17.9. The van der Waals surface area contributed by atoms with Crippen LogP contribution in [-0.2, 0) is 6.42 Å². The first-order valence-electron chi connectivity index (χ1n) is 10.3. The highest BCUT2D eigenvalue weighted by Gasteiger charge is 2.27. The Labute approximate surface area is 165 Å². The molecule has 0 saturated heterocycles. The summed E-state index contributed by atoms with van der Waals surface area (Å²) >= 11 is 0. The average Bonchev–Trinajstić information content (AvgIpc) is 2.97. The highest BCUT2D eigenvalue weighted by Crippen LogP contribution is 2.32. The number of hydrogen-bond acceptors (Lipinski definition) is 2. The molecule has 1 fully saturated rings. The molecule has 1 aliphatic carbocycles. The Morgan fingerprint density at radius 3 is 2.19 bits per heavy atom. The SMILES string of the molecule is Cc1cc(C)c(Oc2ccc(CC3CCC(NC(C)(C)C)C3)cc2)c(C)c1. The van der Waals surface area contributed by atoms with E-state index >= 15 is 0 Å². The van der Waals surface area contributed by atoms with Crippen molar-refractivity contribution < 1.29 is 4.74 Å². The molecular weight excluding hydrogens is 330 g/mol. The molecule has 0 radical (unpaired) electrons. The van der Waals surface area contributed by atoms with Crippen LogP contribution >= 0.6 is 0 Å². The number of benzene rings is 2. The van der Waals surface area contributed by atoms with Crippen molar-refractivity contribution in [1.29, 1.82) is 0 Å². The molecular formula is C25H35NO. The van der Waals surface area contributed by atoms with E-state index in [-0.39, 0.29) is 5.54 Å². The molecule has 1 aliphatic rings. The molecule has 0 heterocycles. The van der Waals surface area contributed by atoms with E-state index in [0.29, 0.717) is 6.04 Å². The summed E-state index contributed by atoms with van der Waals surface area (Å²) in [4.78, 5) is 0. The number of rotatable bonds is 5. The van der Waals surface area contributed by atoms with E-state index in [1.54, 1.807) is 0 Å². The Morgan fingerprint density at radius 2 is 1.59 bits per heavy atom. The van der Waals surface area contributed by atoms with E-state index in [1.807, 2.05) is 0 Å². The quantitative estimate of drug-likeness (QED) is 0.652. The largest absolute Gasteiger partial charge is 0.457 e. The molecule has 0 amide bonds. The van der Waals surface area contributed by atoms with Crippen LogP contribution < -0.4 is 10.1 Å². The summed E-state index contributed by atoms with van der Waals surface area (Å²) in [7, 11) is 0. The summed E-state index contributed by atoms with van der Waals surface area (Å²) in [6.07, 6.45) is 5.09. The number of ether oxygens (including phenoxy) is 1. The van der Waals surface area contributed by atoms with Crippen molar-refractivity contribution in [3.05, 3.63) is 58.7 Å². The fourth-order valence-electron chi connectivity index (χ4n) is 4.48. The standard InChI is InChI=1S/C25H35NO/c1-17-13-18(2)24(19(3)14-17)27-23-11-8-20(9-12-23)15-21-7-10-22(16-21)26-25(4,5)6/h8-9,11-14,21-22,26H,7,10,15-16H2,1-6H3. The Hall–Kier alpha value is -1.80. The van der Waals surface area contributed by atoms with Crippen molar-refractivity contribution in [1.82, 2.24) is 5.32 Å². The van der Waals surface area contributed by atoms with Gasteiger partial charge in [-0.3, -0.25) is 0 Å². The van der Waals surface area contributed by atoms with Crippen LogP contribution in [-0.4, -0.2) is 11.6 Å². The molecule has 2 aromatic rings. The second-order valence-electron chi connectivity index (χ2n) is 9.45. The van der Waals surface area contributed by atoms with Gasteiger partial charge >= 0.3 is 0 Å². The van der Waals surface area contributed by atoms with Gasteiger partial charge in [0.2, 0.25) is 0 Å². The van der Waals surface area contributed by atoms with Crippen LogP contribution in [0.25, 0.3) is 0 Å². The molecule has 2 heteroatoms. The lowest BCUT2D eigenvalue weighted by Crippen LogP contribution is -2.42. The van der Waals surface area contributed by atoms with Crippen molar-refractivity contribution in [3.63, 3.8) is 0 Å². The van der Waals surface area contributed by atoms with Crippen molar-refractivity contribution in [2.75, 3.05) is 0 Å². The smallest absolute Gasteiger partial charge is 0.133 e. The first-order chi connectivity index (χ1) is 12.7. The Bertz CT molecular complexity index is 747. The van der Waals surface area contributed by atoms with Gasteiger partial charge in [-0.25, -0.2) is 0 Å². The predicted octanol–water partition coefficient (Wildman–Crippen LogP) is 6.50. The highest BCUT2D eigenvalue weighted by atomic mass is 16.5. The van der Waals surface area contributed by atoms with E-state index < -0.39 is 0 Å². The predicted molar refractivity (Wildman–Crippen MR) is 115 cm³/mol. The van der Waals surface area contributed by atoms with Gasteiger partial charge in [0.15, 0.2) is 0 Å². The van der Waals surface area contributed by atoms with Crippen molar-refractivity contribution in [2.24, 2.45) is 5.92 Å². The molecule has 0 bridgehead atoms. The topological polar surface area (TPSA) is 21.3 Å². The fraction of sp³-hybridized carbons (Fsp3) is 0.520. The summed E-state index contributed by atoms with van der Waals surface area (Å²) in [5.74, 6) is 2.70. The van der Waals surface area contributed by atoms with Crippen LogP contribution in [0, 0.1) is 26.7 Å². The third kappa shape index (κ3) is 5.59. The fourth-order valence-corrected chi connectivity index (χ4v) is 4.48. The van der Waals surface area contributed by atoms with Gasteiger partial charge in [0.25, 0.3) is 0 Å². The van der Waals surface area contributed by atoms with E-state index in [0.717, 1.165) is 17.4 Å². The number of hydrogen-bond donors (Lipinski definition) is 1. The molecule has 1 N–H and O–H groups in total. The molecule has 2 aromatic carbocycles. The van der Waals surface area contributed by atoms with Gasteiger partial charge in [-0.15, -0.1) is 0 Å². The molecule has 27 heavy (non-hydrogen) atoms. The summed E-state index contributed by atoms with van der Waals surface area (Å²) in [6, 6.07) is 13.7. The van der Waals surface area contributed by atoms with Gasteiger partial charge in [-0.05, 0) is 102 Å². The maximum absolute atomic E-state index is 6.18. The second-order valence-corrected chi connectivity index (χ2v) is 9.45. The number of aryl methyl sites for hydroxylation is 3. The molecule has 0 aliphatic heterocycles. The molecule has 2 nitrogen and oxygen atoms in total. The van der Waals surface area contributed by atoms with Crippen LogP contribution in [0.5, 0.6) is 11.5 Å². The van der Waals surface area contributed by atoms with Gasteiger partial charge in [0, 0.05) is 11.6 Å². The maximum Gasteiger partial charge on any atom is 0.133 e. The zero-order chi connectivity index (χ0) is 19.6. The Balaban J connectivity index is 1.58. The average molecular weight is 366 g/mol. The van der Waals surface area contributed by atoms with Crippen molar-refractivity contribution in [2.45, 2.75) is 78.8 Å². The Kier molecular flexibility index (Phi) is 5.95. The maximum atomic E-state index is 6.18. The summed E-state index contributed by atoms with van der Waals surface area (Å²) in [6.45, 7) is 13.1. The lowest BCUT2D eigenvalue weighted by Gasteiger charge is -2.26. The minimum Gasteiger partial charge on any atom is -0.457 e. The van der Waals surface area contributed by atoms with Crippen molar-refractivity contribution >= 4 is 0 Å². The number of nitrogens with one attached hydrogen (secondary N) is 1. The third-order valence-electron chi connectivity index (χ3n) is 5.45. The van der Waals surface area contributed by atoms with Gasteiger partial charge in [0.05, 0.1) is 0 Å². The highest BCUT2D eigenvalue weighted by molar-refractivity contribution is 5.45. The van der Waals surface area contributed by atoms with Gasteiger partial charge in [-0.2, -0.15) is 0 Å². The van der Waals surface area contributed by atoms with E-state index in [9.17, 15) is 0 Å². The molecule has 2 atom stereocenters. The first kappa shape index (κ1) is 19.9. The minimum absolute atomic E-state index is 0.213. The van der Waals surface area contributed by atoms with Crippen molar-refractivity contribution in [3.8, 4) is 11.5 Å². The van der Waals surface area contributed by atoms with Gasteiger partial charge in [-0.1, -0.05) is 29.8 Å². The third-order valence-corrected chi connectivity index (χ3v) is 5.45. The van der Waals surface area contributed by atoms with Gasteiger partial charge in [0.1, 0.15) is 11.5 Å². The normalized spacial score (nSPS) is 20.1. The lowest BCUT2D eigenvalue weighted by molar-refractivity contribution is 0.354. The zero-order valence-corrected chi connectivity index (χ0v) is 17.9. The first-order valence-corrected chi connectivity index (χ1v) is 10.3. The molecule has 1 saturated carbocycles. The van der Waals surface area contributed by atoms with E-state index in [4.69, 9.17) is 4.74 Å². The Morgan fingerprint density at radius 1 is 0.963 bits per heavy atom. The molecule has 2 unspecified atom stereocenters. The minimum atomic E-state index is 0.213. The summed E-state index contributed by atoms with van der Waals surface area (Å²) in [5.41, 5.74) is 5.30. The van der Waals surface area contributed by atoms with Crippen LogP contribution in [0.3, 0.4) is 0 Å². The lowest BCUT2D eigenvalue weighted by atomic mass is 9.97. The van der Waals surface area contributed by atoms with Crippen LogP contribution in [0.4, 0.5) is 0 Å². The van der Waals surface area contributed by atoms with Crippen LogP contribution in [0.15, 0.2) is 36.4 Å². The molecule has 0 aromatic heterocycles. The molecule has 146 valence electrons. The van der Waals surface area contributed by atoms with Gasteiger partial charge < -0.3 is 10.1 Å². The summed E-state index contributed by atoms with van der Waals surface area (Å²) < 4.78 is 6.18. The monoisotopic (exact) mass is 365 g/mol. The molecule has 3 rings (SSSR count).